The third kappa shape index (κ3) is 3.09. The van der Waals surface area contributed by atoms with Gasteiger partial charge in [0.1, 0.15) is 0 Å². The van der Waals surface area contributed by atoms with E-state index >= 15 is 0 Å². The molecule has 3 nitrogen and oxygen atoms in total. The fourth-order valence-corrected chi connectivity index (χ4v) is 2.11. The van der Waals surface area contributed by atoms with Gasteiger partial charge < -0.3 is 14.6 Å². The summed E-state index contributed by atoms with van der Waals surface area (Å²) >= 11 is 6.23. The fourth-order valence-electron chi connectivity index (χ4n) is 1.89. The number of hydrogen-bond donors (Lipinski definition) is 1. The number of ether oxygens (including phenoxy) is 2. The van der Waals surface area contributed by atoms with Gasteiger partial charge in [0, 0.05) is 17.5 Å². The van der Waals surface area contributed by atoms with E-state index in [1.165, 1.54) is 0 Å². The molecule has 1 saturated carbocycles. The highest BCUT2D eigenvalue weighted by molar-refractivity contribution is 6.31. The molecule has 18 heavy (non-hydrogen) atoms. The lowest BCUT2D eigenvalue weighted by Gasteiger charge is -2.17. The molecular weight excluding hydrogens is 252 g/mol. The molecule has 2 rings (SSSR count). The molecule has 1 fully saturated rings. The van der Waals surface area contributed by atoms with Gasteiger partial charge in [-0.1, -0.05) is 11.6 Å². The van der Waals surface area contributed by atoms with Gasteiger partial charge >= 0.3 is 0 Å². The lowest BCUT2D eigenvalue weighted by Crippen LogP contribution is -2.12. The van der Waals surface area contributed by atoms with E-state index < -0.39 is 5.60 Å². The van der Waals surface area contributed by atoms with Crippen molar-refractivity contribution >= 4 is 11.6 Å². The van der Waals surface area contributed by atoms with Crippen LogP contribution in [0.25, 0.3) is 0 Å². The topological polar surface area (TPSA) is 38.7 Å². The maximum atomic E-state index is 9.95. The molecule has 0 spiro atoms. The normalized spacial score (nSPS) is 16.8. The Morgan fingerprint density at radius 3 is 2.50 bits per heavy atom. The SMILES string of the molecule is COc1cc(CC2(O)CC2)c(Cl)cc1OC(C)C. The smallest absolute Gasteiger partial charge is 0.163 e. The van der Waals surface area contributed by atoms with Gasteiger partial charge in [0.2, 0.25) is 0 Å². The third-order valence-corrected chi connectivity index (χ3v) is 3.39. The zero-order chi connectivity index (χ0) is 13.3. The van der Waals surface area contributed by atoms with Crippen LogP contribution >= 0.6 is 11.6 Å². The largest absolute Gasteiger partial charge is 0.493 e. The predicted molar refractivity (Wildman–Crippen MR) is 71.7 cm³/mol. The Kier molecular flexibility index (Phi) is 3.74. The Balaban J connectivity index is 2.26. The Morgan fingerprint density at radius 2 is 2.00 bits per heavy atom. The van der Waals surface area contributed by atoms with Crippen molar-refractivity contribution < 1.29 is 14.6 Å². The molecular formula is C14H19ClO3. The Hall–Kier alpha value is -0.930. The molecule has 1 aliphatic rings. The highest BCUT2D eigenvalue weighted by Crippen LogP contribution is 2.42. The second-order valence-corrected chi connectivity index (χ2v) is 5.57. The summed E-state index contributed by atoms with van der Waals surface area (Å²) in [5.41, 5.74) is 0.347. The second kappa shape index (κ2) is 4.98. The van der Waals surface area contributed by atoms with Crippen LogP contribution in [0.15, 0.2) is 12.1 Å². The summed E-state index contributed by atoms with van der Waals surface area (Å²) in [7, 11) is 1.60. The second-order valence-electron chi connectivity index (χ2n) is 5.16. The summed E-state index contributed by atoms with van der Waals surface area (Å²) in [6, 6.07) is 3.62. The molecule has 0 unspecified atom stereocenters. The van der Waals surface area contributed by atoms with E-state index in [0.29, 0.717) is 22.9 Å². The lowest BCUT2D eigenvalue weighted by atomic mass is 10.1. The standard InChI is InChI=1S/C14H19ClO3/c1-9(2)18-13-7-11(15)10(6-12(13)17-3)8-14(16)4-5-14/h6-7,9,16H,4-5,8H2,1-3H3. The molecule has 100 valence electrons. The van der Waals surface area contributed by atoms with Crippen molar-refractivity contribution in [3.8, 4) is 11.5 Å². The molecule has 4 heteroatoms. The van der Waals surface area contributed by atoms with Gasteiger partial charge in [0.15, 0.2) is 11.5 Å². The molecule has 0 aliphatic heterocycles. The summed E-state index contributed by atoms with van der Waals surface area (Å²) in [5.74, 6) is 1.30. The number of rotatable bonds is 5. The van der Waals surface area contributed by atoms with Crippen molar-refractivity contribution in [1.29, 1.82) is 0 Å². The summed E-state index contributed by atoms with van der Waals surface area (Å²) in [6.07, 6.45) is 2.32. The summed E-state index contributed by atoms with van der Waals surface area (Å²) < 4.78 is 11.0. The van der Waals surface area contributed by atoms with Crippen LogP contribution in [-0.4, -0.2) is 23.9 Å². The molecule has 0 heterocycles. The minimum atomic E-state index is -0.560. The number of aliphatic hydroxyl groups is 1. The van der Waals surface area contributed by atoms with Crippen LogP contribution in [-0.2, 0) is 6.42 Å². The van der Waals surface area contributed by atoms with Crippen LogP contribution in [0.2, 0.25) is 5.02 Å². The molecule has 0 aromatic heterocycles. The molecule has 1 aliphatic carbocycles. The minimum absolute atomic E-state index is 0.0634. The molecule has 0 bridgehead atoms. The molecule has 0 amide bonds. The summed E-state index contributed by atoms with van der Waals surface area (Å²) in [6.45, 7) is 3.91. The fraction of sp³-hybridized carbons (Fsp3) is 0.571. The van der Waals surface area contributed by atoms with E-state index in [1.54, 1.807) is 13.2 Å². The van der Waals surface area contributed by atoms with Crippen LogP contribution in [0.3, 0.4) is 0 Å². The van der Waals surface area contributed by atoms with Crippen molar-refractivity contribution in [2.75, 3.05) is 7.11 Å². The lowest BCUT2D eigenvalue weighted by molar-refractivity contribution is 0.151. The molecule has 1 aromatic carbocycles. The number of benzene rings is 1. The van der Waals surface area contributed by atoms with Crippen LogP contribution in [0.1, 0.15) is 32.3 Å². The van der Waals surface area contributed by atoms with Gasteiger partial charge in [-0.2, -0.15) is 0 Å². The first kappa shape index (κ1) is 13.5. The maximum Gasteiger partial charge on any atom is 0.163 e. The summed E-state index contributed by atoms with van der Waals surface area (Å²) in [5, 5.41) is 10.6. The van der Waals surface area contributed by atoms with Crippen molar-refractivity contribution in [2.24, 2.45) is 0 Å². The van der Waals surface area contributed by atoms with E-state index in [1.807, 2.05) is 19.9 Å². The average molecular weight is 271 g/mol. The Morgan fingerprint density at radius 1 is 1.33 bits per heavy atom. The van der Waals surface area contributed by atoms with E-state index in [-0.39, 0.29) is 6.10 Å². The average Bonchev–Trinajstić information content (AvgIpc) is 2.99. The van der Waals surface area contributed by atoms with Gasteiger partial charge in [-0.05, 0) is 38.3 Å². The monoisotopic (exact) mass is 270 g/mol. The quantitative estimate of drug-likeness (QED) is 0.893. The van der Waals surface area contributed by atoms with Crippen LogP contribution in [0.4, 0.5) is 0 Å². The molecule has 0 radical (unpaired) electrons. The van der Waals surface area contributed by atoms with Crippen molar-refractivity contribution in [2.45, 2.75) is 44.8 Å². The van der Waals surface area contributed by atoms with E-state index in [4.69, 9.17) is 21.1 Å². The molecule has 0 atom stereocenters. The minimum Gasteiger partial charge on any atom is -0.493 e. The first-order valence-corrected chi connectivity index (χ1v) is 6.57. The zero-order valence-corrected chi connectivity index (χ0v) is 11.8. The van der Waals surface area contributed by atoms with Gasteiger partial charge in [0.25, 0.3) is 0 Å². The van der Waals surface area contributed by atoms with Gasteiger partial charge in [0.05, 0.1) is 18.8 Å². The molecule has 0 saturated heterocycles. The van der Waals surface area contributed by atoms with Crippen molar-refractivity contribution in [3.05, 3.63) is 22.7 Å². The third-order valence-electron chi connectivity index (χ3n) is 3.04. The van der Waals surface area contributed by atoms with Gasteiger partial charge in [-0.15, -0.1) is 0 Å². The summed E-state index contributed by atoms with van der Waals surface area (Å²) in [4.78, 5) is 0. The van der Waals surface area contributed by atoms with Gasteiger partial charge in [-0.25, -0.2) is 0 Å². The molecule has 1 N–H and O–H groups in total. The zero-order valence-electron chi connectivity index (χ0n) is 11.0. The van der Waals surface area contributed by atoms with E-state index in [0.717, 1.165) is 18.4 Å². The van der Waals surface area contributed by atoms with Gasteiger partial charge in [-0.3, -0.25) is 0 Å². The highest BCUT2D eigenvalue weighted by Gasteiger charge is 2.40. The van der Waals surface area contributed by atoms with Crippen LogP contribution < -0.4 is 9.47 Å². The van der Waals surface area contributed by atoms with E-state index in [9.17, 15) is 5.11 Å². The Bertz CT molecular complexity index is 439. The number of methoxy groups -OCH3 is 1. The predicted octanol–water partition coefficient (Wildman–Crippen LogP) is 3.20. The van der Waals surface area contributed by atoms with Crippen LogP contribution in [0.5, 0.6) is 11.5 Å². The van der Waals surface area contributed by atoms with Crippen molar-refractivity contribution in [3.63, 3.8) is 0 Å². The number of hydrogen-bond acceptors (Lipinski definition) is 3. The molecule has 1 aromatic rings. The van der Waals surface area contributed by atoms with Crippen molar-refractivity contribution in [1.82, 2.24) is 0 Å². The van der Waals surface area contributed by atoms with Crippen LogP contribution in [0, 0.1) is 0 Å². The first-order valence-electron chi connectivity index (χ1n) is 6.19. The Labute approximate surface area is 113 Å². The number of halogens is 1. The first-order chi connectivity index (χ1) is 8.43. The highest BCUT2D eigenvalue weighted by atomic mass is 35.5. The van der Waals surface area contributed by atoms with E-state index in [2.05, 4.69) is 0 Å². The maximum absolute atomic E-state index is 9.95.